The van der Waals surface area contributed by atoms with Crippen molar-refractivity contribution in [1.82, 2.24) is 15.5 Å². The van der Waals surface area contributed by atoms with E-state index in [9.17, 15) is 0 Å². The van der Waals surface area contributed by atoms with Crippen LogP contribution in [0.3, 0.4) is 0 Å². The zero-order valence-electron chi connectivity index (χ0n) is 16.2. The van der Waals surface area contributed by atoms with E-state index in [4.69, 9.17) is 14.5 Å². The zero-order chi connectivity index (χ0) is 18.0. The third-order valence-corrected chi connectivity index (χ3v) is 4.65. The minimum Gasteiger partial charge on any atom is -0.492 e. The summed E-state index contributed by atoms with van der Waals surface area (Å²) in [5.41, 5.74) is 0.0845. The molecule has 0 amide bonds. The van der Waals surface area contributed by atoms with Gasteiger partial charge >= 0.3 is 0 Å². The van der Waals surface area contributed by atoms with Gasteiger partial charge in [-0.2, -0.15) is 0 Å². The lowest BCUT2D eigenvalue weighted by Crippen LogP contribution is -2.52. The number of aliphatic imine (C=N–C) groups is 1. The molecule has 148 valence electrons. The Morgan fingerprint density at radius 2 is 1.88 bits per heavy atom. The number of nitrogens with one attached hydrogen (secondary N) is 2. The maximum absolute atomic E-state index is 5.72. The molecule has 1 aliphatic heterocycles. The van der Waals surface area contributed by atoms with Crippen LogP contribution in [0.2, 0.25) is 0 Å². The summed E-state index contributed by atoms with van der Waals surface area (Å²) in [4.78, 5) is 7.11. The molecule has 1 fully saturated rings. The Balaban J connectivity index is 0.00000338. The minimum atomic E-state index is 0. The van der Waals surface area contributed by atoms with Gasteiger partial charge in [-0.1, -0.05) is 18.2 Å². The predicted octanol–water partition coefficient (Wildman–Crippen LogP) is 2.35. The van der Waals surface area contributed by atoms with Crippen molar-refractivity contribution in [2.45, 2.75) is 25.3 Å². The predicted molar refractivity (Wildman–Crippen MR) is 118 cm³/mol. The summed E-state index contributed by atoms with van der Waals surface area (Å²) in [6, 6.07) is 9.86. The summed E-state index contributed by atoms with van der Waals surface area (Å²) in [5, 5.41) is 6.66. The van der Waals surface area contributed by atoms with Crippen LogP contribution in [0.5, 0.6) is 5.75 Å². The SMILES string of the molecule is CCNC(=NCC1(N(C)C)CCOCC1)NCCOc1ccccc1.I. The molecule has 0 radical (unpaired) electrons. The quantitative estimate of drug-likeness (QED) is 0.261. The van der Waals surface area contributed by atoms with Crippen LogP contribution in [0, 0.1) is 0 Å². The second kappa shape index (κ2) is 12.3. The summed E-state index contributed by atoms with van der Waals surface area (Å²) in [6.07, 6.45) is 2.03. The summed E-state index contributed by atoms with van der Waals surface area (Å²) >= 11 is 0. The second-order valence-electron chi connectivity index (χ2n) is 6.51. The summed E-state index contributed by atoms with van der Waals surface area (Å²) in [7, 11) is 4.27. The fourth-order valence-electron chi connectivity index (χ4n) is 2.92. The van der Waals surface area contributed by atoms with Crippen molar-refractivity contribution in [2.24, 2.45) is 4.99 Å². The Kier molecular flexibility index (Phi) is 10.9. The first-order valence-corrected chi connectivity index (χ1v) is 9.11. The molecule has 0 atom stereocenters. The highest BCUT2D eigenvalue weighted by Gasteiger charge is 2.34. The highest BCUT2D eigenvalue weighted by molar-refractivity contribution is 14.0. The molecule has 1 heterocycles. The van der Waals surface area contributed by atoms with E-state index >= 15 is 0 Å². The number of rotatable bonds is 8. The lowest BCUT2D eigenvalue weighted by molar-refractivity contribution is -0.00254. The fraction of sp³-hybridized carbons (Fsp3) is 0.632. The molecular weight excluding hydrogens is 443 g/mol. The van der Waals surface area contributed by atoms with E-state index in [0.29, 0.717) is 13.2 Å². The van der Waals surface area contributed by atoms with Crippen molar-refractivity contribution >= 4 is 29.9 Å². The number of benzene rings is 1. The lowest BCUT2D eigenvalue weighted by Gasteiger charge is -2.41. The monoisotopic (exact) mass is 476 g/mol. The van der Waals surface area contributed by atoms with Crippen molar-refractivity contribution in [3.05, 3.63) is 30.3 Å². The van der Waals surface area contributed by atoms with E-state index in [2.05, 4.69) is 36.6 Å². The molecule has 1 aliphatic rings. The average molecular weight is 476 g/mol. The molecule has 1 aromatic carbocycles. The van der Waals surface area contributed by atoms with E-state index in [0.717, 1.165) is 50.9 Å². The Morgan fingerprint density at radius 1 is 1.19 bits per heavy atom. The fourth-order valence-corrected chi connectivity index (χ4v) is 2.92. The van der Waals surface area contributed by atoms with Crippen LogP contribution < -0.4 is 15.4 Å². The molecule has 0 saturated carbocycles. The summed E-state index contributed by atoms with van der Waals surface area (Å²) < 4.78 is 11.2. The van der Waals surface area contributed by atoms with Gasteiger partial charge in [0.1, 0.15) is 12.4 Å². The van der Waals surface area contributed by atoms with Crippen molar-refractivity contribution in [3.63, 3.8) is 0 Å². The highest BCUT2D eigenvalue weighted by atomic mass is 127. The van der Waals surface area contributed by atoms with Crippen molar-refractivity contribution in [3.8, 4) is 5.75 Å². The van der Waals surface area contributed by atoms with Gasteiger partial charge in [0.15, 0.2) is 5.96 Å². The molecule has 1 aromatic rings. The largest absolute Gasteiger partial charge is 0.492 e. The van der Waals surface area contributed by atoms with Crippen LogP contribution in [0.4, 0.5) is 0 Å². The number of likely N-dealkylation sites (N-methyl/N-ethyl adjacent to an activating group) is 1. The topological polar surface area (TPSA) is 58.1 Å². The van der Waals surface area contributed by atoms with Crippen LogP contribution in [0.25, 0.3) is 0 Å². The first-order valence-electron chi connectivity index (χ1n) is 9.11. The molecule has 26 heavy (non-hydrogen) atoms. The number of nitrogens with zero attached hydrogens (tertiary/aromatic N) is 2. The average Bonchev–Trinajstić information content (AvgIpc) is 2.64. The van der Waals surface area contributed by atoms with Gasteiger partial charge in [0.2, 0.25) is 0 Å². The molecule has 0 aromatic heterocycles. The first-order chi connectivity index (χ1) is 12.2. The molecule has 0 bridgehead atoms. The molecular formula is C19H33IN4O2. The van der Waals surface area contributed by atoms with Crippen molar-refractivity contribution in [1.29, 1.82) is 0 Å². The molecule has 0 spiro atoms. The number of halogens is 1. The van der Waals surface area contributed by atoms with Gasteiger partial charge in [0.25, 0.3) is 0 Å². The van der Waals surface area contributed by atoms with Gasteiger partial charge in [-0.15, -0.1) is 24.0 Å². The van der Waals surface area contributed by atoms with E-state index in [-0.39, 0.29) is 29.5 Å². The van der Waals surface area contributed by atoms with Gasteiger partial charge in [-0.3, -0.25) is 4.99 Å². The second-order valence-corrected chi connectivity index (χ2v) is 6.51. The van der Waals surface area contributed by atoms with Crippen molar-refractivity contribution in [2.75, 3.05) is 53.6 Å². The molecule has 2 rings (SSSR count). The van der Waals surface area contributed by atoms with Crippen molar-refractivity contribution < 1.29 is 9.47 Å². The third kappa shape index (κ3) is 7.28. The van der Waals surface area contributed by atoms with Gasteiger partial charge in [-0.05, 0) is 46.0 Å². The Labute approximate surface area is 174 Å². The maximum atomic E-state index is 5.72. The van der Waals surface area contributed by atoms with Gasteiger partial charge in [0, 0.05) is 25.3 Å². The first kappa shape index (κ1) is 23.0. The number of para-hydroxylation sites is 1. The zero-order valence-corrected chi connectivity index (χ0v) is 18.5. The Bertz CT molecular complexity index is 520. The van der Waals surface area contributed by atoms with E-state index < -0.39 is 0 Å². The van der Waals surface area contributed by atoms with Crippen LogP contribution in [0.15, 0.2) is 35.3 Å². The number of guanidine groups is 1. The Hall–Kier alpha value is -1.06. The third-order valence-electron chi connectivity index (χ3n) is 4.65. The lowest BCUT2D eigenvalue weighted by atomic mass is 9.89. The highest BCUT2D eigenvalue weighted by Crippen LogP contribution is 2.26. The van der Waals surface area contributed by atoms with Crippen LogP contribution >= 0.6 is 24.0 Å². The Morgan fingerprint density at radius 3 is 2.50 bits per heavy atom. The van der Waals surface area contributed by atoms with Gasteiger partial charge in [0.05, 0.1) is 13.1 Å². The molecule has 1 saturated heterocycles. The van der Waals surface area contributed by atoms with Crippen LogP contribution in [0.1, 0.15) is 19.8 Å². The molecule has 7 heteroatoms. The minimum absolute atomic E-state index is 0. The van der Waals surface area contributed by atoms with E-state index in [1.807, 2.05) is 30.3 Å². The molecule has 0 aliphatic carbocycles. The summed E-state index contributed by atoms with van der Waals surface area (Å²) in [5.74, 6) is 1.73. The molecule has 6 nitrogen and oxygen atoms in total. The molecule has 0 unspecified atom stereocenters. The van der Waals surface area contributed by atoms with Gasteiger partial charge < -0.3 is 25.0 Å². The van der Waals surface area contributed by atoms with Gasteiger partial charge in [-0.25, -0.2) is 0 Å². The normalized spacial score (nSPS) is 16.7. The van der Waals surface area contributed by atoms with Crippen LogP contribution in [-0.4, -0.2) is 69.9 Å². The number of hydrogen-bond donors (Lipinski definition) is 2. The molecule has 2 N–H and O–H groups in total. The number of hydrogen-bond acceptors (Lipinski definition) is 4. The standard InChI is InChI=1S/C19H32N4O2.HI/c1-4-20-18(21-12-15-25-17-8-6-5-7-9-17)22-16-19(23(2)3)10-13-24-14-11-19;/h5-9H,4,10-16H2,1-3H3,(H2,20,21,22);1H. The number of ether oxygens (including phenoxy) is 2. The van der Waals surface area contributed by atoms with Crippen LogP contribution in [-0.2, 0) is 4.74 Å². The summed E-state index contributed by atoms with van der Waals surface area (Å²) in [6.45, 7) is 6.60. The smallest absolute Gasteiger partial charge is 0.191 e. The van der Waals surface area contributed by atoms with E-state index in [1.54, 1.807) is 0 Å². The van der Waals surface area contributed by atoms with E-state index in [1.165, 1.54) is 0 Å². The maximum Gasteiger partial charge on any atom is 0.191 e.